The number of benzene rings is 1. The van der Waals surface area contributed by atoms with Crippen molar-refractivity contribution >= 4 is 39.4 Å². The molecule has 104 valence electrons. The number of allylic oxidation sites excluding steroid dienone is 1. The van der Waals surface area contributed by atoms with Crippen LogP contribution in [0.5, 0.6) is 0 Å². The van der Waals surface area contributed by atoms with Gasteiger partial charge >= 0.3 is 0 Å². The Labute approximate surface area is 129 Å². The van der Waals surface area contributed by atoms with E-state index in [1.165, 1.54) is 24.3 Å². The molecule has 0 saturated carbocycles. The minimum atomic E-state index is -0.468. The molecule has 1 aromatic carbocycles. The maximum atomic E-state index is 13.6. The number of carbonyl (C=O) groups is 1. The van der Waals surface area contributed by atoms with Crippen molar-refractivity contribution in [3.05, 3.63) is 57.0 Å². The van der Waals surface area contributed by atoms with Crippen molar-refractivity contribution in [2.45, 2.75) is 13.5 Å². The third kappa shape index (κ3) is 2.99. The Balaban J connectivity index is 2.32. The van der Waals surface area contributed by atoms with Gasteiger partial charge in [-0.2, -0.15) is 5.10 Å². The maximum Gasteiger partial charge on any atom is 0.205 e. The van der Waals surface area contributed by atoms with Crippen LogP contribution in [0.4, 0.5) is 4.39 Å². The van der Waals surface area contributed by atoms with Crippen LogP contribution in [-0.4, -0.2) is 15.6 Å². The fraction of sp³-hybridized carbons (Fsp3) is 0.143. The topological polar surface area (TPSA) is 34.9 Å². The Morgan fingerprint density at radius 3 is 2.95 bits per heavy atom. The average molecular weight is 358 g/mol. The highest BCUT2D eigenvalue weighted by atomic mass is 79.9. The number of nitrogens with zero attached hydrogens (tertiary/aromatic N) is 2. The van der Waals surface area contributed by atoms with Crippen LogP contribution in [0.2, 0.25) is 5.02 Å². The summed E-state index contributed by atoms with van der Waals surface area (Å²) < 4.78 is 15.8. The summed E-state index contributed by atoms with van der Waals surface area (Å²) in [5.74, 6) is -0.736. The molecule has 6 heteroatoms. The van der Waals surface area contributed by atoms with Crippen molar-refractivity contribution in [2.24, 2.45) is 0 Å². The highest BCUT2D eigenvalue weighted by molar-refractivity contribution is 9.10. The van der Waals surface area contributed by atoms with Gasteiger partial charge in [-0.1, -0.05) is 17.7 Å². The van der Waals surface area contributed by atoms with Gasteiger partial charge in [-0.15, -0.1) is 0 Å². The first-order chi connectivity index (χ1) is 9.54. The summed E-state index contributed by atoms with van der Waals surface area (Å²) in [5, 5.41) is 4.32. The lowest BCUT2D eigenvalue weighted by molar-refractivity contribution is 0.103. The second-order valence-corrected chi connectivity index (χ2v) is 5.25. The van der Waals surface area contributed by atoms with Crippen LogP contribution in [0.1, 0.15) is 23.0 Å². The van der Waals surface area contributed by atoms with Crippen molar-refractivity contribution in [1.82, 2.24) is 9.78 Å². The van der Waals surface area contributed by atoms with E-state index in [4.69, 9.17) is 11.6 Å². The largest absolute Gasteiger partial charge is 0.288 e. The minimum absolute atomic E-state index is 0.196. The third-order valence-electron chi connectivity index (χ3n) is 2.73. The highest BCUT2D eigenvalue weighted by Crippen LogP contribution is 2.22. The quantitative estimate of drug-likeness (QED) is 0.602. The van der Waals surface area contributed by atoms with Gasteiger partial charge in [0.15, 0.2) is 0 Å². The fourth-order valence-corrected chi connectivity index (χ4v) is 2.47. The lowest BCUT2D eigenvalue weighted by atomic mass is 10.1. The van der Waals surface area contributed by atoms with Crippen molar-refractivity contribution in [3.63, 3.8) is 0 Å². The minimum Gasteiger partial charge on any atom is -0.288 e. The Morgan fingerprint density at radius 1 is 1.55 bits per heavy atom. The molecule has 0 saturated heterocycles. The predicted molar refractivity (Wildman–Crippen MR) is 80.4 cm³/mol. The molecule has 0 aliphatic rings. The maximum absolute atomic E-state index is 13.6. The van der Waals surface area contributed by atoms with Gasteiger partial charge in [0.1, 0.15) is 11.5 Å². The molecule has 0 spiro atoms. The highest BCUT2D eigenvalue weighted by Gasteiger charge is 2.14. The van der Waals surface area contributed by atoms with Gasteiger partial charge < -0.3 is 0 Å². The van der Waals surface area contributed by atoms with E-state index in [9.17, 15) is 9.18 Å². The second-order valence-electron chi connectivity index (χ2n) is 3.99. The molecule has 3 nitrogen and oxygen atoms in total. The van der Waals surface area contributed by atoms with Crippen LogP contribution in [-0.2, 0) is 6.54 Å². The summed E-state index contributed by atoms with van der Waals surface area (Å²) in [7, 11) is 0. The van der Waals surface area contributed by atoms with Gasteiger partial charge in [0.25, 0.3) is 0 Å². The monoisotopic (exact) mass is 356 g/mol. The van der Waals surface area contributed by atoms with Crippen molar-refractivity contribution in [1.29, 1.82) is 0 Å². The van der Waals surface area contributed by atoms with Crippen molar-refractivity contribution in [3.8, 4) is 0 Å². The number of aromatic nitrogens is 2. The summed E-state index contributed by atoms with van der Waals surface area (Å²) in [6, 6.07) is 4.38. The predicted octanol–water partition coefficient (Wildman–Crippen LogP) is 4.35. The molecule has 0 bridgehead atoms. The number of halogens is 3. The molecule has 0 radical (unpaired) electrons. The van der Waals surface area contributed by atoms with E-state index in [-0.39, 0.29) is 16.4 Å². The molecular weight excluding hydrogens is 347 g/mol. The Kier molecular flexibility index (Phi) is 4.73. The molecule has 0 fully saturated rings. The molecule has 20 heavy (non-hydrogen) atoms. The lowest BCUT2D eigenvalue weighted by Crippen LogP contribution is -2.07. The molecule has 0 amide bonds. The summed E-state index contributed by atoms with van der Waals surface area (Å²) in [4.78, 5) is 12.2. The van der Waals surface area contributed by atoms with E-state index in [1.807, 2.05) is 6.92 Å². The van der Waals surface area contributed by atoms with Crippen molar-refractivity contribution < 1.29 is 9.18 Å². The first kappa shape index (κ1) is 14.9. The third-order valence-corrected chi connectivity index (χ3v) is 3.64. The van der Waals surface area contributed by atoms with Crippen LogP contribution in [0.25, 0.3) is 6.08 Å². The van der Waals surface area contributed by atoms with Crippen molar-refractivity contribution in [2.75, 3.05) is 0 Å². The molecule has 0 unspecified atom stereocenters. The molecule has 0 aliphatic heterocycles. The molecule has 0 atom stereocenters. The summed E-state index contributed by atoms with van der Waals surface area (Å²) in [5.41, 5.74) is 0.623. The van der Waals surface area contributed by atoms with E-state index in [2.05, 4.69) is 21.0 Å². The lowest BCUT2D eigenvalue weighted by Gasteiger charge is -2.02. The molecular formula is C14H11BrClFN2O. The van der Waals surface area contributed by atoms with Gasteiger partial charge in [-0.3, -0.25) is 9.48 Å². The number of aryl methyl sites for hydroxylation is 1. The van der Waals surface area contributed by atoms with Gasteiger partial charge in [0.05, 0.1) is 15.7 Å². The molecule has 2 rings (SSSR count). The second kappa shape index (κ2) is 6.33. The zero-order valence-electron chi connectivity index (χ0n) is 10.6. The summed E-state index contributed by atoms with van der Waals surface area (Å²) in [6.07, 6.45) is 4.22. The zero-order valence-corrected chi connectivity index (χ0v) is 12.9. The number of ketones is 1. The summed E-state index contributed by atoms with van der Waals surface area (Å²) >= 11 is 9.17. The Bertz CT molecular complexity index is 662. The smallest absolute Gasteiger partial charge is 0.205 e. The van der Waals surface area contributed by atoms with Gasteiger partial charge in [-0.25, -0.2) is 4.39 Å². The SMILES string of the molecule is CCn1ncc(Br)c1C(=O)C=Cc1c(F)cccc1Cl. The first-order valence-electron chi connectivity index (χ1n) is 5.92. The molecule has 2 aromatic rings. The van der Waals surface area contributed by atoms with E-state index in [0.717, 1.165) is 0 Å². The number of rotatable bonds is 4. The van der Waals surface area contributed by atoms with Gasteiger partial charge in [-0.05, 0) is 47.1 Å². The first-order valence-corrected chi connectivity index (χ1v) is 7.09. The van der Waals surface area contributed by atoms with Crippen LogP contribution in [0, 0.1) is 5.82 Å². The van der Waals surface area contributed by atoms with Crippen LogP contribution < -0.4 is 0 Å². The van der Waals surface area contributed by atoms with Crippen LogP contribution >= 0.6 is 27.5 Å². The fourth-order valence-electron chi connectivity index (χ4n) is 1.76. The van der Waals surface area contributed by atoms with E-state index >= 15 is 0 Å². The number of hydrogen-bond acceptors (Lipinski definition) is 2. The zero-order chi connectivity index (χ0) is 14.7. The van der Waals surface area contributed by atoms with Gasteiger partial charge in [0, 0.05) is 12.1 Å². The van der Waals surface area contributed by atoms with E-state index in [1.54, 1.807) is 16.9 Å². The van der Waals surface area contributed by atoms with Crippen LogP contribution in [0.15, 0.2) is 34.9 Å². The van der Waals surface area contributed by atoms with Crippen LogP contribution in [0.3, 0.4) is 0 Å². The normalized spacial score (nSPS) is 11.2. The van der Waals surface area contributed by atoms with E-state index in [0.29, 0.717) is 16.7 Å². The number of carbonyl (C=O) groups excluding carboxylic acids is 1. The Morgan fingerprint density at radius 2 is 2.30 bits per heavy atom. The van der Waals surface area contributed by atoms with Gasteiger partial charge in [0.2, 0.25) is 5.78 Å². The molecule has 1 aromatic heterocycles. The standard InChI is InChI=1S/C14H11BrClFN2O/c1-2-19-14(10(15)8-18-19)13(20)7-6-9-11(16)4-3-5-12(9)17/h3-8H,2H2,1H3. The average Bonchev–Trinajstić information content (AvgIpc) is 2.79. The molecule has 1 heterocycles. The molecule has 0 aliphatic carbocycles. The van der Waals surface area contributed by atoms with E-state index < -0.39 is 5.82 Å². The summed E-state index contributed by atoms with van der Waals surface area (Å²) in [6.45, 7) is 2.45. The molecule has 0 N–H and O–H groups in total. The Hall–Kier alpha value is -1.46. The number of hydrogen-bond donors (Lipinski definition) is 0.